The van der Waals surface area contributed by atoms with Crippen molar-refractivity contribution in [2.24, 2.45) is 5.92 Å². The number of allylic oxidation sites excluding steroid dienone is 1. The molecular formula is C11H18N. The smallest absolute Gasteiger partial charge is 0.0427 e. The quantitative estimate of drug-likeness (QED) is 0.529. The van der Waals surface area contributed by atoms with Crippen LogP contribution >= 0.6 is 0 Å². The molecule has 0 unspecified atom stereocenters. The third-order valence-electron chi connectivity index (χ3n) is 3.05. The Morgan fingerprint density at radius 3 is 2.42 bits per heavy atom. The third-order valence-corrected chi connectivity index (χ3v) is 3.05. The fourth-order valence-electron chi connectivity index (χ4n) is 2.34. The van der Waals surface area contributed by atoms with E-state index in [-0.39, 0.29) is 0 Å². The lowest BCUT2D eigenvalue weighted by Gasteiger charge is -2.14. The van der Waals surface area contributed by atoms with Gasteiger partial charge in [0.05, 0.1) is 0 Å². The lowest BCUT2D eigenvalue weighted by molar-refractivity contribution is 0.503. The maximum Gasteiger partial charge on any atom is 0.0427 e. The highest BCUT2D eigenvalue weighted by molar-refractivity contribution is 5.09. The molecule has 1 heterocycles. The summed E-state index contributed by atoms with van der Waals surface area (Å²) >= 11 is 0. The Morgan fingerprint density at radius 2 is 1.83 bits per heavy atom. The molecule has 1 aliphatic heterocycles. The molecule has 1 radical (unpaired) electrons. The summed E-state index contributed by atoms with van der Waals surface area (Å²) in [7, 11) is 0. The van der Waals surface area contributed by atoms with Gasteiger partial charge >= 0.3 is 0 Å². The van der Waals surface area contributed by atoms with Crippen LogP contribution < -0.4 is 5.32 Å². The summed E-state index contributed by atoms with van der Waals surface area (Å²) in [4.78, 5) is 0. The average molecular weight is 164 g/mol. The van der Waals surface area contributed by atoms with Crippen LogP contribution in [0.4, 0.5) is 0 Å². The van der Waals surface area contributed by atoms with Gasteiger partial charge in [-0.3, -0.25) is 5.32 Å². The molecule has 1 heteroatoms. The molecule has 1 saturated carbocycles. The van der Waals surface area contributed by atoms with E-state index in [1.165, 1.54) is 50.6 Å². The molecule has 0 aromatic carbocycles. The molecule has 2 rings (SSSR count). The molecule has 0 spiro atoms. The summed E-state index contributed by atoms with van der Waals surface area (Å²) in [6, 6.07) is 0. The van der Waals surface area contributed by atoms with Gasteiger partial charge in [0.15, 0.2) is 0 Å². The Bertz CT molecular complexity index is 164. The van der Waals surface area contributed by atoms with Crippen molar-refractivity contribution in [3.05, 3.63) is 11.8 Å². The highest BCUT2D eigenvalue weighted by Gasteiger charge is 2.19. The van der Waals surface area contributed by atoms with Gasteiger partial charge in [-0.15, -0.1) is 0 Å². The minimum Gasteiger partial charge on any atom is -0.289 e. The van der Waals surface area contributed by atoms with Crippen LogP contribution in [0.15, 0.2) is 11.8 Å². The predicted octanol–water partition coefficient (Wildman–Crippen LogP) is 2.85. The van der Waals surface area contributed by atoms with Crippen molar-refractivity contribution in [2.75, 3.05) is 6.54 Å². The van der Waals surface area contributed by atoms with Crippen LogP contribution in [-0.4, -0.2) is 6.54 Å². The van der Waals surface area contributed by atoms with Gasteiger partial charge < -0.3 is 0 Å². The zero-order valence-corrected chi connectivity index (χ0v) is 7.76. The lowest BCUT2D eigenvalue weighted by Crippen LogP contribution is -2.09. The van der Waals surface area contributed by atoms with E-state index in [1.54, 1.807) is 0 Å². The first-order valence-electron chi connectivity index (χ1n) is 5.34. The fourth-order valence-corrected chi connectivity index (χ4v) is 2.34. The minimum absolute atomic E-state index is 0.829. The molecule has 12 heavy (non-hydrogen) atoms. The van der Waals surface area contributed by atoms with Crippen molar-refractivity contribution >= 4 is 0 Å². The maximum absolute atomic E-state index is 4.56. The van der Waals surface area contributed by atoms with Gasteiger partial charge in [-0.25, -0.2) is 0 Å². The number of hydrogen-bond acceptors (Lipinski definition) is 0. The van der Waals surface area contributed by atoms with Crippen molar-refractivity contribution in [3.63, 3.8) is 0 Å². The van der Waals surface area contributed by atoms with Crippen molar-refractivity contribution in [1.29, 1.82) is 0 Å². The topological polar surface area (TPSA) is 14.1 Å². The van der Waals surface area contributed by atoms with Gasteiger partial charge in [0.1, 0.15) is 0 Å². The van der Waals surface area contributed by atoms with Gasteiger partial charge in [-0.2, -0.15) is 0 Å². The van der Waals surface area contributed by atoms with Gasteiger partial charge in [-0.05, 0) is 19.3 Å². The second-order valence-electron chi connectivity index (χ2n) is 3.99. The van der Waals surface area contributed by atoms with Gasteiger partial charge in [-0.1, -0.05) is 31.8 Å². The molecule has 0 N–H and O–H groups in total. The monoisotopic (exact) mass is 164 g/mol. The van der Waals surface area contributed by atoms with Gasteiger partial charge in [0, 0.05) is 18.2 Å². The Morgan fingerprint density at radius 1 is 1.08 bits per heavy atom. The molecule has 1 aliphatic carbocycles. The lowest BCUT2D eigenvalue weighted by atomic mass is 9.97. The van der Waals surface area contributed by atoms with Crippen molar-refractivity contribution < 1.29 is 0 Å². The summed E-state index contributed by atoms with van der Waals surface area (Å²) in [5.41, 5.74) is 1.44. The van der Waals surface area contributed by atoms with Crippen LogP contribution in [-0.2, 0) is 0 Å². The Labute approximate surface area is 75.2 Å². The first-order chi connectivity index (χ1) is 5.97. The van der Waals surface area contributed by atoms with E-state index in [0.29, 0.717) is 0 Å². The van der Waals surface area contributed by atoms with E-state index in [9.17, 15) is 0 Å². The average Bonchev–Trinajstić information content (AvgIpc) is 2.48. The molecule has 0 aromatic heterocycles. The molecule has 0 amide bonds. The Kier molecular flexibility index (Phi) is 2.70. The van der Waals surface area contributed by atoms with Crippen LogP contribution in [0.25, 0.3) is 0 Å². The molecule has 0 saturated heterocycles. The summed E-state index contributed by atoms with van der Waals surface area (Å²) in [5, 5.41) is 4.56. The standard InChI is InChI=1S/C11H18N/c1-2-4-7-10(6-3-1)11-8-5-9-12-11/h8,10H,1-7,9H2. The molecule has 2 aliphatic rings. The minimum atomic E-state index is 0.829. The zero-order chi connectivity index (χ0) is 8.23. The van der Waals surface area contributed by atoms with Gasteiger partial charge in [0.25, 0.3) is 0 Å². The highest BCUT2D eigenvalue weighted by atomic mass is 14.9. The van der Waals surface area contributed by atoms with Crippen molar-refractivity contribution in [1.82, 2.24) is 5.32 Å². The summed E-state index contributed by atoms with van der Waals surface area (Å²) in [5.74, 6) is 0.829. The highest BCUT2D eigenvalue weighted by Crippen LogP contribution is 2.29. The molecular weight excluding hydrogens is 146 g/mol. The molecule has 0 aromatic rings. The van der Waals surface area contributed by atoms with E-state index in [4.69, 9.17) is 0 Å². The second-order valence-corrected chi connectivity index (χ2v) is 3.99. The first-order valence-corrected chi connectivity index (χ1v) is 5.34. The van der Waals surface area contributed by atoms with E-state index in [2.05, 4.69) is 11.4 Å². The molecule has 1 nitrogen and oxygen atoms in total. The Balaban J connectivity index is 1.91. The van der Waals surface area contributed by atoms with Crippen LogP contribution in [0.2, 0.25) is 0 Å². The van der Waals surface area contributed by atoms with Crippen LogP contribution in [0.3, 0.4) is 0 Å². The molecule has 0 bridgehead atoms. The summed E-state index contributed by atoms with van der Waals surface area (Å²) in [6.07, 6.45) is 12.1. The van der Waals surface area contributed by atoms with E-state index in [1.807, 2.05) is 0 Å². The Hall–Kier alpha value is -0.460. The number of rotatable bonds is 1. The summed E-state index contributed by atoms with van der Waals surface area (Å²) < 4.78 is 0. The van der Waals surface area contributed by atoms with E-state index < -0.39 is 0 Å². The van der Waals surface area contributed by atoms with Crippen LogP contribution in [0.5, 0.6) is 0 Å². The number of hydrogen-bond donors (Lipinski definition) is 0. The molecule has 0 atom stereocenters. The maximum atomic E-state index is 4.56. The normalized spacial score (nSPS) is 26.2. The van der Waals surface area contributed by atoms with Crippen molar-refractivity contribution in [2.45, 2.75) is 44.9 Å². The second kappa shape index (κ2) is 3.97. The van der Waals surface area contributed by atoms with Crippen LogP contribution in [0.1, 0.15) is 44.9 Å². The van der Waals surface area contributed by atoms with E-state index >= 15 is 0 Å². The largest absolute Gasteiger partial charge is 0.289 e. The van der Waals surface area contributed by atoms with E-state index in [0.717, 1.165) is 12.5 Å². The number of nitrogens with zero attached hydrogens (tertiary/aromatic N) is 1. The van der Waals surface area contributed by atoms with Crippen molar-refractivity contribution in [3.8, 4) is 0 Å². The van der Waals surface area contributed by atoms with Crippen LogP contribution in [0, 0.1) is 5.92 Å². The third kappa shape index (κ3) is 1.82. The molecule has 1 fully saturated rings. The fraction of sp³-hybridized carbons (Fsp3) is 0.818. The van der Waals surface area contributed by atoms with Gasteiger partial charge in [0.2, 0.25) is 0 Å². The summed E-state index contributed by atoms with van der Waals surface area (Å²) in [6.45, 7) is 1.06. The first kappa shape index (κ1) is 8.15. The SMILES string of the molecule is C1=C(C2CCCCCC2)[N]CC1. The predicted molar refractivity (Wildman–Crippen MR) is 50.9 cm³/mol. The molecule has 67 valence electrons. The zero-order valence-electron chi connectivity index (χ0n) is 7.76.